The van der Waals surface area contributed by atoms with E-state index in [1.807, 2.05) is 13.0 Å². The van der Waals surface area contributed by atoms with E-state index < -0.39 is 15.8 Å². The molecule has 3 N–H and O–H groups in total. The quantitative estimate of drug-likeness (QED) is 0.545. The lowest BCUT2D eigenvalue weighted by Gasteiger charge is -2.14. The van der Waals surface area contributed by atoms with Crippen molar-refractivity contribution < 1.29 is 13.2 Å². The number of anilines is 1. The fourth-order valence-electron chi connectivity index (χ4n) is 2.06. The molecule has 0 unspecified atom stereocenters. The standard InChI is InChI=1S/C13H16ClN3O3S2/c1-8-2-3-10(6-11(8)14)15-13(21)17-16-12(18)9-4-5-22(19,20)7-9/h2-3,6,9H,4-5,7H2,1H3,(H,16,18)(H2,15,17,21)/t9-/m1/s1. The molecule has 0 aliphatic carbocycles. The summed E-state index contributed by atoms with van der Waals surface area (Å²) in [6.45, 7) is 1.89. The number of aryl methyl sites for hydroxylation is 1. The number of benzene rings is 1. The molecule has 0 radical (unpaired) electrons. The van der Waals surface area contributed by atoms with Crippen LogP contribution in [0.4, 0.5) is 5.69 Å². The molecule has 0 aromatic heterocycles. The zero-order valence-corrected chi connectivity index (χ0v) is 14.2. The SMILES string of the molecule is Cc1ccc(NC(=S)NNC(=O)[C@@H]2CCS(=O)(=O)C2)cc1Cl. The molecule has 1 aliphatic heterocycles. The molecule has 22 heavy (non-hydrogen) atoms. The van der Waals surface area contributed by atoms with E-state index in [0.717, 1.165) is 5.56 Å². The molecular formula is C13H16ClN3O3S2. The number of halogens is 1. The summed E-state index contributed by atoms with van der Waals surface area (Å²) in [6, 6.07) is 5.37. The molecule has 1 aromatic carbocycles. The Hall–Kier alpha value is -1.38. The van der Waals surface area contributed by atoms with E-state index in [1.54, 1.807) is 12.1 Å². The van der Waals surface area contributed by atoms with Crippen LogP contribution in [0.25, 0.3) is 0 Å². The van der Waals surface area contributed by atoms with Crippen molar-refractivity contribution in [2.45, 2.75) is 13.3 Å². The molecule has 1 saturated heterocycles. The van der Waals surface area contributed by atoms with Gasteiger partial charge in [-0.2, -0.15) is 0 Å². The molecule has 1 atom stereocenters. The first-order chi connectivity index (χ1) is 10.3. The number of nitrogens with one attached hydrogen (secondary N) is 3. The number of hydrogen-bond donors (Lipinski definition) is 3. The Morgan fingerprint density at radius 3 is 2.68 bits per heavy atom. The highest BCUT2D eigenvalue weighted by Gasteiger charge is 2.32. The average molecular weight is 362 g/mol. The van der Waals surface area contributed by atoms with Crippen molar-refractivity contribution in [3.63, 3.8) is 0 Å². The molecule has 6 nitrogen and oxygen atoms in total. The Kier molecular flexibility index (Phi) is 5.25. The maximum absolute atomic E-state index is 11.8. The van der Waals surface area contributed by atoms with E-state index in [9.17, 15) is 13.2 Å². The normalized spacial score (nSPS) is 19.5. The second-order valence-electron chi connectivity index (χ2n) is 5.13. The summed E-state index contributed by atoms with van der Waals surface area (Å²) in [7, 11) is -3.09. The summed E-state index contributed by atoms with van der Waals surface area (Å²) in [6.07, 6.45) is 0.337. The van der Waals surface area contributed by atoms with Crippen LogP contribution in [-0.2, 0) is 14.6 Å². The van der Waals surface area contributed by atoms with Crippen LogP contribution in [0, 0.1) is 12.8 Å². The van der Waals surface area contributed by atoms with E-state index in [2.05, 4.69) is 16.2 Å². The fraction of sp³-hybridized carbons (Fsp3) is 0.385. The molecule has 0 bridgehead atoms. The van der Waals surface area contributed by atoms with E-state index in [1.165, 1.54) is 0 Å². The molecule has 0 saturated carbocycles. The molecule has 9 heteroatoms. The number of thiocarbonyl (C=S) groups is 1. The number of hydrogen-bond acceptors (Lipinski definition) is 4. The largest absolute Gasteiger partial charge is 0.331 e. The van der Waals surface area contributed by atoms with Gasteiger partial charge in [0, 0.05) is 10.7 Å². The van der Waals surface area contributed by atoms with Crippen molar-refractivity contribution in [3.05, 3.63) is 28.8 Å². The van der Waals surface area contributed by atoms with Crippen molar-refractivity contribution in [2.24, 2.45) is 5.92 Å². The van der Waals surface area contributed by atoms with Crippen LogP contribution >= 0.6 is 23.8 Å². The minimum absolute atomic E-state index is 0.0512. The second-order valence-corrected chi connectivity index (χ2v) is 8.18. The Balaban J connectivity index is 1.82. The average Bonchev–Trinajstić information content (AvgIpc) is 2.81. The summed E-state index contributed by atoms with van der Waals surface area (Å²) in [5.74, 6) is -0.981. The van der Waals surface area contributed by atoms with Gasteiger partial charge in [0.2, 0.25) is 5.91 Å². The van der Waals surface area contributed by atoms with Gasteiger partial charge in [0.25, 0.3) is 0 Å². The van der Waals surface area contributed by atoms with E-state index in [0.29, 0.717) is 17.1 Å². The first-order valence-corrected chi connectivity index (χ1v) is 9.21. The second kappa shape index (κ2) is 6.80. The number of carbonyl (C=O) groups is 1. The first kappa shape index (κ1) is 17.0. The number of rotatable bonds is 2. The summed E-state index contributed by atoms with van der Waals surface area (Å²) in [5, 5.41) is 3.67. The number of carbonyl (C=O) groups excluding carboxylic acids is 1. The van der Waals surface area contributed by atoms with E-state index >= 15 is 0 Å². The smallest absolute Gasteiger partial charge is 0.242 e. The Labute approximate surface area is 139 Å². The predicted molar refractivity (Wildman–Crippen MR) is 90.4 cm³/mol. The molecule has 1 fully saturated rings. The van der Waals surface area contributed by atoms with Gasteiger partial charge in [-0.3, -0.25) is 15.6 Å². The van der Waals surface area contributed by atoms with Crippen LogP contribution in [0.5, 0.6) is 0 Å². The van der Waals surface area contributed by atoms with Gasteiger partial charge in [-0.05, 0) is 43.3 Å². The Morgan fingerprint density at radius 1 is 1.36 bits per heavy atom. The monoisotopic (exact) mass is 361 g/mol. The van der Waals surface area contributed by atoms with Gasteiger partial charge >= 0.3 is 0 Å². The third-order valence-electron chi connectivity index (χ3n) is 3.33. The van der Waals surface area contributed by atoms with Gasteiger partial charge in [-0.1, -0.05) is 17.7 Å². The van der Waals surface area contributed by atoms with Crippen LogP contribution in [0.3, 0.4) is 0 Å². The lowest BCUT2D eigenvalue weighted by molar-refractivity contribution is -0.124. The first-order valence-electron chi connectivity index (χ1n) is 6.60. The number of hydrazine groups is 1. The minimum atomic E-state index is -3.09. The summed E-state index contributed by atoms with van der Waals surface area (Å²) in [5.41, 5.74) is 6.60. The van der Waals surface area contributed by atoms with Gasteiger partial charge in [0.05, 0.1) is 17.4 Å². The van der Waals surface area contributed by atoms with Gasteiger partial charge in [0.1, 0.15) is 0 Å². The lowest BCUT2D eigenvalue weighted by atomic mass is 10.1. The van der Waals surface area contributed by atoms with Crippen LogP contribution in [-0.4, -0.2) is 30.9 Å². The van der Waals surface area contributed by atoms with Crippen molar-refractivity contribution in [1.82, 2.24) is 10.9 Å². The third-order valence-corrected chi connectivity index (χ3v) is 5.71. The van der Waals surface area contributed by atoms with E-state index in [-0.39, 0.29) is 22.5 Å². The minimum Gasteiger partial charge on any atom is -0.331 e. The fourth-order valence-corrected chi connectivity index (χ4v) is 4.15. The van der Waals surface area contributed by atoms with Crippen molar-refractivity contribution in [1.29, 1.82) is 0 Å². The van der Waals surface area contributed by atoms with Crippen LogP contribution in [0.2, 0.25) is 5.02 Å². The Bertz CT molecular complexity index is 706. The highest BCUT2D eigenvalue weighted by Crippen LogP contribution is 2.20. The molecule has 120 valence electrons. The topological polar surface area (TPSA) is 87.3 Å². The summed E-state index contributed by atoms with van der Waals surface area (Å²) >= 11 is 11.1. The molecule has 1 aromatic rings. The predicted octanol–water partition coefficient (Wildman–Crippen LogP) is 1.40. The molecular weight excluding hydrogens is 346 g/mol. The lowest BCUT2D eigenvalue weighted by Crippen LogP contribution is -2.46. The number of amides is 1. The zero-order chi connectivity index (χ0) is 16.3. The third kappa shape index (κ3) is 4.56. The van der Waals surface area contributed by atoms with Gasteiger partial charge < -0.3 is 5.32 Å². The molecule has 0 spiro atoms. The summed E-state index contributed by atoms with van der Waals surface area (Å²) in [4.78, 5) is 11.8. The maximum Gasteiger partial charge on any atom is 0.242 e. The zero-order valence-electron chi connectivity index (χ0n) is 11.8. The van der Waals surface area contributed by atoms with Gasteiger partial charge in [0.15, 0.2) is 14.9 Å². The number of sulfone groups is 1. The molecule has 1 amide bonds. The van der Waals surface area contributed by atoms with Crippen molar-refractivity contribution >= 4 is 50.4 Å². The molecule has 1 aliphatic rings. The van der Waals surface area contributed by atoms with Crippen molar-refractivity contribution in [2.75, 3.05) is 16.8 Å². The highest BCUT2D eigenvalue weighted by atomic mass is 35.5. The van der Waals surface area contributed by atoms with Gasteiger partial charge in [-0.25, -0.2) is 8.42 Å². The van der Waals surface area contributed by atoms with Crippen molar-refractivity contribution in [3.8, 4) is 0 Å². The maximum atomic E-state index is 11.8. The highest BCUT2D eigenvalue weighted by molar-refractivity contribution is 7.91. The molecule has 1 heterocycles. The van der Waals surface area contributed by atoms with Crippen LogP contribution in [0.1, 0.15) is 12.0 Å². The molecule has 2 rings (SSSR count). The Morgan fingerprint density at radius 2 is 2.09 bits per heavy atom. The van der Waals surface area contributed by atoms with E-state index in [4.69, 9.17) is 23.8 Å². The van der Waals surface area contributed by atoms with Gasteiger partial charge in [-0.15, -0.1) is 0 Å². The van der Waals surface area contributed by atoms with Crippen LogP contribution < -0.4 is 16.2 Å². The summed E-state index contributed by atoms with van der Waals surface area (Å²) < 4.78 is 22.7. The van der Waals surface area contributed by atoms with Crippen LogP contribution in [0.15, 0.2) is 18.2 Å².